The third-order valence-electron chi connectivity index (χ3n) is 5.42. The van der Waals surface area contributed by atoms with Crippen molar-refractivity contribution in [3.05, 3.63) is 54.0 Å². The van der Waals surface area contributed by atoms with Gasteiger partial charge in [0.25, 0.3) is 0 Å². The van der Waals surface area contributed by atoms with Crippen LogP contribution < -0.4 is 0 Å². The number of esters is 1. The van der Waals surface area contributed by atoms with Gasteiger partial charge in [0, 0.05) is 55.5 Å². The molecule has 0 amide bonds. The Hall–Kier alpha value is -3.42. The second kappa shape index (κ2) is 10.0. The summed E-state index contributed by atoms with van der Waals surface area (Å²) in [5, 5.41) is 9.58. The van der Waals surface area contributed by atoms with E-state index in [0.29, 0.717) is 37.0 Å². The lowest BCUT2D eigenvalue weighted by molar-refractivity contribution is 0.0465. The van der Waals surface area contributed by atoms with Gasteiger partial charge in [-0.3, -0.25) is 4.79 Å². The van der Waals surface area contributed by atoms with Crippen molar-refractivity contribution in [2.75, 3.05) is 19.7 Å². The molecular formula is C23H26N4O5S. The lowest BCUT2D eigenvalue weighted by Gasteiger charge is -2.17. The van der Waals surface area contributed by atoms with E-state index in [1.165, 1.54) is 21.1 Å². The molecule has 2 aromatic heterocycles. The molecule has 0 atom stereocenters. The summed E-state index contributed by atoms with van der Waals surface area (Å²) in [5.41, 5.74) is 1.24. The molecule has 0 fully saturated rings. The third-order valence-corrected chi connectivity index (χ3v) is 7.44. The third kappa shape index (κ3) is 4.84. The van der Waals surface area contributed by atoms with Crippen molar-refractivity contribution < 1.29 is 22.7 Å². The minimum atomic E-state index is -3.73. The molecule has 2 heterocycles. The Morgan fingerprint density at radius 2 is 1.85 bits per heavy atom. The summed E-state index contributed by atoms with van der Waals surface area (Å²) < 4.78 is 35.2. The first-order valence-corrected chi connectivity index (χ1v) is 12.0. The Bertz CT molecular complexity index is 1330. The minimum absolute atomic E-state index is 0.00691. The van der Waals surface area contributed by atoms with Crippen LogP contribution in [0.25, 0.3) is 10.9 Å². The largest absolute Gasteiger partial charge is 0.453 e. The van der Waals surface area contributed by atoms with Crippen LogP contribution in [0.3, 0.4) is 0 Å². The molecule has 10 heteroatoms. The topological polar surface area (TPSA) is 114 Å². The first kappa shape index (κ1) is 24.2. The van der Waals surface area contributed by atoms with Crippen LogP contribution in [0, 0.1) is 11.3 Å². The molecule has 0 N–H and O–H groups in total. The van der Waals surface area contributed by atoms with E-state index in [1.54, 1.807) is 33.2 Å². The zero-order valence-corrected chi connectivity index (χ0v) is 19.6. The van der Waals surface area contributed by atoms with Crippen molar-refractivity contribution in [1.29, 1.82) is 5.26 Å². The molecule has 0 saturated carbocycles. The van der Waals surface area contributed by atoms with Crippen molar-refractivity contribution in [3.63, 3.8) is 0 Å². The van der Waals surface area contributed by atoms with Gasteiger partial charge in [-0.1, -0.05) is 32.0 Å². The number of sulfonamides is 1. The predicted molar refractivity (Wildman–Crippen MR) is 122 cm³/mol. The van der Waals surface area contributed by atoms with Crippen LogP contribution >= 0.6 is 0 Å². The van der Waals surface area contributed by atoms with Gasteiger partial charge in [0.05, 0.1) is 12.5 Å². The molecule has 0 unspecified atom stereocenters. The monoisotopic (exact) mass is 470 g/mol. The number of rotatable bonds is 10. The number of para-hydroxylation sites is 1. The number of aryl methyl sites for hydroxylation is 2. The second-order valence-electron chi connectivity index (χ2n) is 7.42. The van der Waals surface area contributed by atoms with E-state index in [1.807, 2.05) is 22.8 Å². The number of ketones is 1. The fourth-order valence-corrected chi connectivity index (χ4v) is 5.23. The number of nitrogens with zero attached hydrogens (tertiary/aromatic N) is 4. The molecule has 3 rings (SSSR count). The molecule has 0 radical (unpaired) electrons. The molecule has 174 valence electrons. The normalized spacial score (nSPS) is 11.6. The van der Waals surface area contributed by atoms with Gasteiger partial charge < -0.3 is 13.9 Å². The highest BCUT2D eigenvalue weighted by molar-refractivity contribution is 7.89. The zero-order chi connectivity index (χ0) is 24.2. The zero-order valence-electron chi connectivity index (χ0n) is 18.8. The van der Waals surface area contributed by atoms with Crippen molar-refractivity contribution in [3.8, 4) is 6.07 Å². The van der Waals surface area contributed by atoms with Crippen molar-refractivity contribution in [1.82, 2.24) is 13.4 Å². The number of hydrogen-bond acceptors (Lipinski definition) is 6. The van der Waals surface area contributed by atoms with Gasteiger partial charge >= 0.3 is 5.97 Å². The Morgan fingerprint density at radius 1 is 1.15 bits per heavy atom. The molecule has 0 spiro atoms. The Kier molecular flexibility index (Phi) is 7.36. The molecule has 0 aliphatic heterocycles. The van der Waals surface area contributed by atoms with Crippen LogP contribution in [-0.2, 0) is 28.4 Å². The van der Waals surface area contributed by atoms with E-state index < -0.39 is 22.6 Å². The van der Waals surface area contributed by atoms with Crippen LogP contribution in [-0.4, -0.2) is 53.3 Å². The number of carbonyl (C=O) groups is 2. The van der Waals surface area contributed by atoms with E-state index in [0.717, 1.165) is 5.52 Å². The summed E-state index contributed by atoms with van der Waals surface area (Å²) in [7, 11) is -2.18. The minimum Gasteiger partial charge on any atom is -0.453 e. The maximum atomic E-state index is 12.8. The SMILES string of the molecule is CCN(CC)S(=O)(=O)c1cc(C(=O)OCC(=O)c2cn(CCC#N)c3ccccc23)n(C)c1. The molecular weight excluding hydrogens is 444 g/mol. The van der Waals surface area contributed by atoms with Crippen LogP contribution in [0.1, 0.15) is 41.1 Å². The van der Waals surface area contributed by atoms with Crippen LogP contribution in [0.5, 0.6) is 0 Å². The van der Waals surface area contributed by atoms with Gasteiger partial charge in [-0.25, -0.2) is 13.2 Å². The number of Topliss-reactive ketones (excluding diaryl/α,β-unsaturated/α-hetero) is 1. The highest BCUT2D eigenvalue weighted by Gasteiger charge is 2.26. The van der Waals surface area contributed by atoms with Gasteiger partial charge in [-0.2, -0.15) is 9.57 Å². The lowest BCUT2D eigenvalue weighted by Crippen LogP contribution is -2.30. The van der Waals surface area contributed by atoms with Crippen molar-refractivity contribution in [2.45, 2.75) is 31.7 Å². The fourth-order valence-electron chi connectivity index (χ4n) is 3.70. The molecule has 0 aliphatic carbocycles. The van der Waals surface area contributed by atoms with Gasteiger partial charge in [0.15, 0.2) is 6.61 Å². The summed E-state index contributed by atoms with van der Waals surface area (Å²) >= 11 is 0. The van der Waals surface area contributed by atoms with E-state index in [-0.39, 0.29) is 16.4 Å². The maximum absolute atomic E-state index is 12.8. The van der Waals surface area contributed by atoms with E-state index in [9.17, 15) is 18.0 Å². The van der Waals surface area contributed by atoms with Crippen LogP contribution in [0.2, 0.25) is 0 Å². The Morgan fingerprint density at radius 3 is 2.52 bits per heavy atom. The highest BCUT2D eigenvalue weighted by atomic mass is 32.2. The first-order valence-electron chi connectivity index (χ1n) is 10.6. The van der Waals surface area contributed by atoms with Crippen molar-refractivity contribution >= 4 is 32.7 Å². The number of benzene rings is 1. The van der Waals surface area contributed by atoms with E-state index >= 15 is 0 Å². The molecule has 0 saturated heterocycles. The maximum Gasteiger partial charge on any atom is 0.355 e. The fraction of sp³-hybridized carbons (Fsp3) is 0.348. The molecule has 0 bridgehead atoms. The van der Waals surface area contributed by atoms with E-state index in [4.69, 9.17) is 10.00 Å². The molecule has 1 aromatic carbocycles. The highest BCUT2D eigenvalue weighted by Crippen LogP contribution is 2.23. The van der Waals surface area contributed by atoms with Crippen molar-refractivity contribution in [2.24, 2.45) is 7.05 Å². The number of carbonyl (C=O) groups excluding carboxylic acids is 2. The van der Waals surface area contributed by atoms with Gasteiger partial charge in [-0.15, -0.1) is 0 Å². The summed E-state index contributed by atoms with van der Waals surface area (Å²) in [5.74, 6) is -1.18. The molecule has 3 aromatic rings. The van der Waals surface area contributed by atoms with E-state index in [2.05, 4.69) is 6.07 Å². The number of aromatic nitrogens is 2. The smallest absolute Gasteiger partial charge is 0.355 e. The molecule has 0 aliphatic rings. The quantitative estimate of drug-likeness (QED) is 0.332. The van der Waals surface area contributed by atoms with Crippen LogP contribution in [0.4, 0.5) is 0 Å². The average Bonchev–Trinajstić information content (AvgIpc) is 3.38. The Labute approximate surface area is 192 Å². The van der Waals surface area contributed by atoms with Gasteiger partial charge in [0.1, 0.15) is 10.6 Å². The van der Waals surface area contributed by atoms with Gasteiger partial charge in [-0.05, 0) is 12.1 Å². The van der Waals surface area contributed by atoms with Crippen LogP contribution in [0.15, 0.2) is 47.6 Å². The lowest BCUT2D eigenvalue weighted by atomic mass is 10.1. The summed E-state index contributed by atoms with van der Waals surface area (Å²) in [6.07, 6.45) is 3.32. The summed E-state index contributed by atoms with van der Waals surface area (Å²) in [6.45, 7) is 4.05. The first-order chi connectivity index (χ1) is 15.7. The molecule has 9 nitrogen and oxygen atoms in total. The summed E-state index contributed by atoms with van der Waals surface area (Å²) in [6, 6.07) is 10.7. The standard InChI is InChI=1S/C23H26N4O5S/c1-4-27(5-2)33(30,31)17-13-21(25(3)14-17)23(29)32-16-22(28)19-15-26(12-8-11-24)20-10-7-6-9-18(19)20/h6-7,9-10,13-15H,4-5,8,12,16H2,1-3H3. The number of ether oxygens (including phenoxy) is 1. The number of fused-ring (bicyclic) bond motifs is 1. The van der Waals surface area contributed by atoms with Gasteiger partial charge in [0.2, 0.25) is 15.8 Å². The predicted octanol–water partition coefficient (Wildman–Crippen LogP) is 2.96. The average molecular weight is 471 g/mol. The summed E-state index contributed by atoms with van der Waals surface area (Å²) in [4.78, 5) is 25.4. The Balaban J connectivity index is 1.78. The second-order valence-corrected chi connectivity index (χ2v) is 9.36. The molecule has 33 heavy (non-hydrogen) atoms. The number of hydrogen-bond donors (Lipinski definition) is 0. The number of nitriles is 1.